The van der Waals surface area contributed by atoms with E-state index in [0.29, 0.717) is 17.0 Å². The first kappa shape index (κ1) is 14.1. The van der Waals surface area contributed by atoms with Crippen molar-refractivity contribution in [1.29, 1.82) is 0 Å². The third-order valence-corrected chi connectivity index (χ3v) is 3.15. The van der Waals surface area contributed by atoms with E-state index in [9.17, 15) is 10.1 Å². The molecule has 1 aromatic carbocycles. The topological polar surface area (TPSA) is 94.1 Å². The zero-order valence-corrected chi connectivity index (χ0v) is 11.6. The average Bonchev–Trinajstić information content (AvgIpc) is 2.89. The van der Waals surface area contributed by atoms with Crippen LogP contribution >= 0.6 is 0 Å². The lowest BCUT2D eigenvalue weighted by atomic mass is 10.1. The normalized spacial score (nSPS) is 12.3. The van der Waals surface area contributed by atoms with Crippen LogP contribution in [0.4, 0.5) is 5.69 Å². The highest BCUT2D eigenvalue weighted by molar-refractivity contribution is 5.69. The Morgan fingerprint density at radius 1 is 1.45 bits per heavy atom. The van der Waals surface area contributed by atoms with Gasteiger partial charge in [-0.3, -0.25) is 10.1 Å². The van der Waals surface area contributed by atoms with Gasteiger partial charge in [0.05, 0.1) is 11.0 Å². The van der Waals surface area contributed by atoms with Crippen molar-refractivity contribution in [2.45, 2.75) is 26.3 Å². The predicted octanol–water partition coefficient (Wildman–Crippen LogP) is 2.62. The van der Waals surface area contributed by atoms with Gasteiger partial charge >= 0.3 is 0 Å². The summed E-state index contributed by atoms with van der Waals surface area (Å²) in [5.41, 5.74) is 0.910. The van der Waals surface area contributed by atoms with Crippen molar-refractivity contribution >= 4 is 5.69 Å². The van der Waals surface area contributed by atoms with E-state index in [0.717, 1.165) is 6.42 Å². The number of hydrogen-bond donors (Lipinski definition) is 1. The lowest BCUT2D eigenvalue weighted by molar-refractivity contribution is -0.384. The molecule has 20 heavy (non-hydrogen) atoms. The number of nitrogens with zero attached hydrogens (tertiary/aromatic N) is 3. The molecule has 0 aliphatic heterocycles. The van der Waals surface area contributed by atoms with Crippen molar-refractivity contribution < 1.29 is 9.34 Å². The Morgan fingerprint density at radius 2 is 2.20 bits per heavy atom. The molecule has 0 amide bonds. The van der Waals surface area contributed by atoms with Gasteiger partial charge in [0.25, 0.3) is 11.6 Å². The summed E-state index contributed by atoms with van der Waals surface area (Å²) in [5.74, 6) is 0.602. The highest BCUT2D eigenvalue weighted by atomic mass is 16.6. The van der Waals surface area contributed by atoms with Crippen LogP contribution in [0.15, 0.2) is 22.6 Å². The molecule has 106 valence electrons. The second-order valence-electron chi connectivity index (χ2n) is 4.42. The maximum Gasteiger partial charge on any atom is 0.284 e. The van der Waals surface area contributed by atoms with Crippen molar-refractivity contribution in [3.05, 3.63) is 39.8 Å². The van der Waals surface area contributed by atoms with Crippen molar-refractivity contribution in [1.82, 2.24) is 15.5 Å². The first-order valence-corrected chi connectivity index (χ1v) is 6.33. The van der Waals surface area contributed by atoms with Gasteiger partial charge in [0.2, 0.25) is 5.89 Å². The van der Waals surface area contributed by atoms with Gasteiger partial charge in [-0.2, -0.15) is 0 Å². The van der Waals surface area contributed by atoms with Gasteiger partial charge < -0.3 is 9.73 Å². The quantitative estimate of drug-likeness (QED) is 0.666. The molecule has 0 fully saturated rings. The maximum absolute atomic E-state index is 11.2. The molecule has 0 bridgehead atoms. The molecule has 0 aliphatic carbocycles. The standard InChI is InChI=1S/C13H16N4O3/c1-4-10(14-3)13-16-15-12(20-13)9-7-5-6-8(2)11(9)17(18)19/h5-7,10,14H,4H2,1-3H3. The van der Waals surface area contributed by atoms with Crippen LogP contribution in [-0.4, -0.2) is 22.2 Å². The molecule has 7 heteroatoms. The summed E-state index contributed by atoms with van der Waals surface area (Å²) in [6, 6.07) is 4.97. The van der Waals surface area contributed by atoms with Crippen molar-refractivity contribution in [3.8, 4) is 11.5 Å². The number of aromatic nitrogens is 2. The SMILES string of the molecule is CCC(NC)c1nnc(-c2cccc(C)c2[N+](=O)[O-])o1. The average molecular weight is 276 g/mol. The van der Waals surface area contributed by atoms with Crippen LogP contribution in [0.1, 0.15) is 30.8 Å². The molecule has 1 unspecified atom stereocenters. The molecule has 0 aliphatic rings. The molecule has 0 saturated carbocycles. The Labute approximate surface area is 116 Å². The van der Waals surface area contributed by atoms with E-state index in [2.05, 4.69) is 15.5 Å². The summed E-state index contributed by atoms with van der Waals surface area (Å²) in [7, 11) is 1.80. The zero-order valence-electron chi connectivity index (χ0n) is 11.6. The minimum absolute atomic E-state index is 0.000191. The van der Waals surface area contributed by atoms with Gasteiger partial charge in [0.1, 0.15) is 5.56 Å². The summed E-state index contributed by atoms with van der Waals surface area (Å²) >= 11 is 0. The van der Waals surface area contributed by atoms with E-state index in [-0.39, 0.29) is 17.6 Å². The molecule has 7 nitrogen and oxygen atoms in total. The van der Waals surface area contributed by atoms with E-state index in [1.165, 1.54) is 0 Å². The lowest BCUT2D eigenvalue weighted by Gasteiger charge is -2.07. The van der Waals surface area contributed by atoms with Crippen molar-refractivity contribution in [2.24, 2.45) is 0 Å². The number of aryl methyl sites for hydroxylation is 1. The van der Waals surface area contributed by atoms with Crippen LogP contribution in [0.2, 0.25) is 0 Å². The Morgan fingerprint density at radius 3 is 2.80 bits per heavy atom. The van der Waals surface area contributed by atoms with Gasteiger partial charge in [-0.05, 0) is 26.5 Å². The first-order chi connectivity index (χ1) is 9.58. The van der Waals surface area contributed by atoms with Crippen molar-refractivity contribution in [2.75, 3.05) is 7.05 Å². The third kappa shape index (κ3) is 2.53. The van der Waals surface area contributed by atoms with Gasteiger partial charge in [0.15, 0.2) is 0 Å². The van der Waals surface area contributed by atoms with E-state index in [1.807, 2.05) is 6.92 Å². The fraction of sp³-hybridized carbons (Fsp3) is 0.385. The molecule has 0 radical (unpaired) electrons. The molecule has 1 N–H and O–H groups in total. The first-order valence-electron chi connectivity index (χ1n) is 6.33. The van der Waals surface area contributed by atoms with Crippen LogP contribution in [-0.2, 0) is 0 Å². The summed E-state index contributed by atoms with van der Waals surface area (Å²) < 4.78 is 5.57. The molecule has 2 aromatic rings. The molecule has 1 heterocycles. The fourth-order valence-electron chi connectivity index (χ4n) is 2.06. The van der Waals surface area contributed by atoms with E-state index < -0.39 is 4.92 Å². The zero-order chi connectivity index (χ0) is 14.7. The molecule has 2 rings (SSSR count). The predicted molar refractivity (Wildman–Crippen MR) is 73.2 cm³/mol. The maximum atomic E-state index is 11.2. The fourth-order valence-corrected chi connectivity index (χ4v) is 2.06. The van der Waals surface area contributed by atoms with Crippen LogP contribution in [0.3, 0.4) is 0 Å². The number of benzene rings is 1. The monoisotopic (exact) mass is 276 g/mol. The molecular weight excluding hydrogens is 260 g/mol. The number of hydrogen-bond acceptors (Lipinski definition) is 6. The summed E-state index contributed by atoms with van der Waals surface area (Å²) in [6.07, 6.45) is 0.786. The Kier molecular flexibility index (Phi) is 4.09. The smallest absolute Gasteiger partial charge is 0.284 e. The van der Waals surface area contributed by atoms with Gasteiger partial charge in [-0.25, -0.2) is 0 Å². The van der Waals surface area contributed by atoms with Crippen molar-refractivity contribution in [3.63, 3.8) is 0 Å². The van der Waals surface area contributed by atoms with E-state index in [1.54, 1.807) is 32.2 Å². The van der Waals surface area contributed by atoms with Crippen LogP contribution < -0.4 is 5.32 Å². The van der Waals surface area contributed by atoms with Gasteiger partial charge in [0, 0.05) is 5.56 Å². The van der Waals surface area contributed by atoms with Crippen LogP contribution in [0.25, 0.3) is 11.5 Å². The summed E-state index contributed by atoms with van der Waals surface area (Å²) in [5, 5.41) is 22.1. The van der Waals surface area contributed by atoms with Crippen LogP contribution in [0.5, 0.6) is 0 Å². The second-order valence-corrected chi connectivity index (χ2v) is 4.42. The highest BCUT2D eigenvalue weighted by Gasteiger charge is 2.23. The summed E-state index contributed by atoms with van der Waals surface area (Å²) in [6.45, 7) is 3.67. The number of para-hydroxylation sites is 1. The Balaban J connectivity index is 2.48. The van der Waals surface area contributed by atoms with E-state index >= 15 is 0 Å². The molecule has 0 spiro atoms. The number of rotatable bonds is 5. The minimum atomic E-state index is -0.427. The number of nitro groups is 1. The van der Waals surface area contributed by atoms with E-state index in [4.69, 9.17) is 4.42 Å². The van der Waals surface area contributed by atoms with Crippen LogP contribution in [0, 0.1) is 17.0 Å². The molecule has 1 aromatic heterocycles. The summed E-state index contributed by atoms with van der Waals surface area (Å²) in [4.78, 5) is 10.7. The highest BCUT2D eigenvalue weighted by Crippen LogP contribution is 2.32. The number of nitrogens with one attached hydrogen (secondary N) is 1. The van der Waals surface area contributed by atoms with Gasteiger partial charge in [-0.1, -0.05) is 19.1 Å². The third-order valence-electron chi connectivity index (χ3n) is 3.15. The molecular formula is C13H16N4O3. The second kappa shape index (κ2) is 5.79. The minimum Gasteiger partial charge on any atom is -0.419 e. The molecule has 1 atom stereocenters. The Hall–Kier alpha value is -2.28. The molecule has 0 saturated heterocycles. The van der Waals surface area contributed by atoms with Gasteiger partial charge in [-0.15, -0.1) is 10.2 Å². The Bertz CT molecular complexity index is 620. The number of nitro benzene ring substituents is 1. The lowest BCUT2D eigenvalue weighted by Crippen LogP contribution is -2.15. The largest absolute Gasteiger partial charge is 0.419 e.